The van der Waals surface area contributed by atoms with Crippen molar-refractivity contribution >= 4 is 32.3 Å². The van der Waals surface area contributed by atoms with E-state index in [2.05, 4.69) is 11.7 Å². The highest BCUT2D eigenvalue weighted by Crippen LogP contribution is 2.33. The van der Waals surface area contributed by atoms with E-state index >= 15 is 0 Å². The fourth-order valence-electron chi connectivity index (χ4n) is 0.348. The van der Waals surface area contributed by atoms with Gasteiger partial charge in [0.2, 0.25) is 0 Å². The largest absolute Gasteiger partial charge is 0.457 e. The van der Waals surface area contributed by atoms with Crippen molar-refractivity contribution in [3.05, 3.63) is 18.4 Å². The Morgan fingerprint density at radius 2 is 2.50 bits per heavy atom. The summed E-state index contributed by atoms with van der Waals surface area (Å²) in [7, 11) is 2.87. The molecule has 1 heterocycles. The van der Waals surface area contributed by atoms with Crippen LogP contribution >= 0.6 is 32.3 Å². The molecule has 4 heteroatoms. The van der Waals surface area contributed by atoms with Crippen LogP contribution in [0.5, 0.6) is 0 Å². The summed E-state index contributed by atoms with van der Waals surface area (Å²) in [5, 5.41) is 0.894. The second-order valence-electron chi connectivity index (χ2n) is 1.09. The van der Waals surface area contributed by atoms with E-state index in [1.807, 2.05) is 12.1 Å². The lowest BCUT2D eigenvalue weighted by Crippen LogP contribution is -1.46. The predicted molar refractivity (Wildman–Crippen MR) is 41.1 cm³/mol. The molecule has 0 aliphatic carbocycles. The molecule has 0 aromatic carbocycles. The van der Waals surface area contributed by atoms with Crippen molar-refractivity contribution in [2.45, 2.75) is 5.09 Å². The quantitative estimate of drug-likeness (QED) is 0.533. The Bertz CT molecular complexity index is 137. The highest BCUT2D eigenvalue weighted by molar-refractivity contribution is 9.05. The van der Waals surface area contributed by atoms with Gasteiger partial charge in [-0.3, -0.25) is 0 Å². The Kier molecular flexibility index (Phi) is 2.72. The third-order valence-corrected chi connectivity index (χ3v) is 2.47. The van der Waals surface area contributed by atoms with Crippen molar-refractivity contribution in [2.75, 3.05) is 0 Å². The second-order valence-corrected chi connectivity index (χ2v) is 4.10. The molecule has 0 saturated carbocycles. The third-order valence-electron chi connectivity index (χ3n) is 0.614. The van der Waals surface area contributed by atoms with Gasteiger partial charge < -0.3 is 4.42 Å². The molecule has 1 aromatic heterocycles. The Balaban J connectivity index is 2.50. The van der Waals surface area contributed by atoms with Crippen molar-refractivity contribution in [1.82, 2.24) is 0 Å². The molecule has 1 rings (SSSR count). The van der Waals surface area contributed by atoms with Gasteiger partial charge in [-0.1, -0.05) is 11.7 Å². The van der Waals surface area contributed by atoms with E-state index < -0.39 is 0 Å². The van der Waals surface area contributed by atoms with E-state index in [1.54, 1.807) is 6.26 Å². The van der Waals surface area contributed by atoms with Crippen LogP contribution in [0.25, 0.3) is 0 Å². The van der Waals surface area contributed by atoms with E-state index in [0.717, 1.165) is 5.09 Å². The highest BCUT2D eigenvalue weighted by atomic mass is 33.5. The molecule has 44 valence electrons. The van der Waals surface area contributed by atoms with Crippen LogP contribution in [0, 0.1) is 0 Å². The first-order chi connectivity index (χ1) is 3.93. The topological polar surface area (TPSA) is 13.1 Å². The summed E-state index contributed by atoms with van der Waals surface area (Å²) < 4.78 is 4.97. The number of hydrogen-bond acceptors (Lipinski definition) is 4. The van der Waals surface area contributed by atoms with Crippen LogP contribution in [0.1, 0.15) is 0 Å². The van der Waals surface area contributed by atoms with E-state index in [-0.39, 0.29) is 0 Å². The summed E-state index contributed by atoms with van der Waals surface area (Å²) in [6, 6.07) is 3.75. The van der Waals surface area contributed by atoms with Crippen LogP contribution in [0.4, 0.5) is 0 Å². The van der Waals surface area contributed by atoms with Crippen LogP contribution in [0.2, 0.25) is 0 Å². The van der Waals surface area contributed by atoms with Crippen molar-refractivity contribution < 1.29 is 4.42 Å². The second kappa shape index (κ2) is 3.37. The fourth-order valence-corrected chi connectivity index (χ4v) is 1.82. The monoisotopic (exact) mass is 164 g/mol. The molecule has 8 heavy (non-hydrogen) atoms. The van der Waals surface area contributed by atoms with Gasteiger partial charge in [-0.05, 0) is 32.8 Å². The first-order valence-corrected chi connectivity index (χ1v) is 5.15. The molecule has 1 aromatic rings. The molecule has 0 amide bonds. The van der Waals surface area contributed by atoms with E-state index in [1.165, 1.54) is 20.6 Å². The maximum absolute atomic E-state index is 4.97. The maximum Gasteiger partial charge on any atom is 0.171 e. The molecular formula is C4H4OS3. The minimum Gasteiger partial charge on any atom is -0.457 e. The fraction of sp³-hybridized carbons (Fsp3) is 0. The predicted octanol–water partition coefficient (Wildman–Crippen LogP) is 2.86. The van der Waals surface area contributed by atoms with Crippen molar-refractivity contribution in [3.8, 4) is 0 Å². The van der Waals surface area contributed by atoms with Crippen LogP contribution in [-0.2, 0) is 0 Å². The first kappa shape index (κ1) is 6.45. The average molecular weight is 164 g/mol. The lowest BCUT2D eigenvalue weighted by molar-refractivity contribution is 0.476. The summed E-state index contributed by atoms with van der Waals surface area (Å²) in [6.45, 7) is 0. The summed E-state index contributed by atoms with van der Waals surface area (Å²) in [6.07, 6.45) is 1.65. The zero-order chi connectivity index (χ0) is 5.82. The number of thiol groups is 1. The van der Waals surface area contributed by atoms with Gasteiger partial charge >= 0.3 is 0 Å². The maximum atomic E-state index is 4.97. The van der Waals surface area contributed by atoms with Gasteiger partial charge in [0.15, 0.2) is 5.09 Å². The molecular weight excluding hydrogens is 160 g/mol. The molecule has 1 nitrogen and oxygen atoms in total. The Labute approximate surface area is 60.4 Å². The molecule has 0 bridgehead atoms. The van der Waals surface area contributed by atoms with Crippen molar-refractivity contribution in [3.63, 3.8) is 0 Å². The van der Waals surface area contributed by atoms with E-state index in [0.29, 0.717) is 0 Å². The van der Waals surface area contributed by atoms with Crippen molar-refractivity contribution in [2.24, 2.45) is 0 Å². The first-order valence-electron chi connectivity index (χ1n) is 1.95. The number of furan rings is 1. The Morgan fingerprint density at radius 1 is 1.62 bits per heavy atom. The van der Waals surface area contributed by atoms with Crippen LogP contribution in [-0.4, -0.2) is 0 Å². The van der Waals surface area contributed by atoms with Gasteiger partial charge in [-0.25, -0.2) is 0 Å². The third kappa shape index (κ3) is 1.69. The molecule has 0 radical (unpaired) electrons. The SMILES string of the molecule is SSSc1ccco1. The zero-order valence-corrected chi connectivity index (χ0v) is 6.43. The Morgan fingerprint density at radius 3 is 3.00 bits per heavy atom. The van der Waals surface area contributed by atoms with Gasteiger partial charge in [0, 0.05) is 0 Å². The Hall–Kier alpha value is 0.330. The lowest BCUT2D eigenvalue weighted by atomic mass is 10.7. The summed E-state index contributed by atoms with van der Waals surface area (Å²) in [5.74, 6) is 0. The smallest absolute Gasteiger partial charge is 0.171 e. The van der Waals surface area contributed by atoms with Crippen LogP contribution in [0.15, 0.2) is 27.9 Å². The molecule has 0 fully saturated rings. The van der Waals surface area contributed by atoms with Gasteiger partial charge in [-0.15, -0.1) is 0 Å². The normalized spacial score (nSPS) is 9.62. The summed E-state index contributed by atoms with van der Waals surface area (Å²) in [4.78, 5) is 0. The van der Waals surface area contributed by atoms with Crippen LogP contribution in [0.3, 0.4) is 0 Å². The molecule has 0 atom stereocenters. The highest BCUT2D eigenvalue weighted by Gasteiger charge is 1.91. The molecule has 0 aliphatic rings. The molecule has 0 unspecified atom stereocenters. The van der Waals surface area contributed by atoms with Gasteiger partial charge in [-0.2, -0.15) is 0 Å². The van der Waals surface area contributed by atoms with Gasteiger partial charge in [0.1, 0.15) is 0 Å². The summed E-state index contributed by atoms with van der Waals surface area (Å²) >= 11 is 3.93. The minimum absolute atomic E-state index is 0.894. The molecule has 0 saturated heterocycles. The van der Waals surface area contributed by atoms with Gasteiger partial charge in [0.25, 0.3) is 0 Å². The van der Waals surface area contributed by atoms with E-state index in [9.17, 15) is 0 Å². The molecule has 0 spiro atoms. The van der Waals surface area contributed by atoms with Gasteiger partial charge in [0.05, 0.1) is 6.26 Å². The standard InChI is InChI=1S/C4H4OS3/c6-8-7-4-2-1-3-5-4/h1-3,6H. The zero-order valence-electron chi connectivity index (χ0n) is 3.90. The lowest BCUT2D eigenvalue weighted by Gasteiger charge is -1.83. The molecule has 0 N–H and O–H groups in total. The van der Waals surface area contributed by atoms with E-state index in [4.69, 9.17) is 4.42 Å². The van der Waals surface area contributed by atoms with Crippen LogP contribution < -0.4 is 0 Å². The summed E-state index contributed by atoms with van der Waals surface area (Å²) in [5.41, 5.74) is 0. The number of rotatable bonds is 2. The average Bonchev–Trinajstić information content (AvgIpc) is 2.19. The van der Waals surface area contributed by atoms with Crippen molar-refractivity contribution in [1.29, 1.82) is 0 Å². The minimum atomic E-state index is 0.894. The molecule has 0 aliphatic heterocycles. The number of hydrogen-bond donors (Lipinski definition) is 1.